The summed E-state index contributed by atoms with van der Waals surface area (Å²) in [6.45, 7) is 1.27. The molecule has 0 N–H and O–H groups in total. The summed E-state index contributed by atoms with van der Waals surface area (Å²) in [7, 11) is 1.66. The number of carbonyl (C=O) groups is 6. The number of hydrogen-bond acceptors (Lipinski definition) is 10. The van der Waals surface area contributed by atoms with Crippen molar-refractivity contribution in [3.63, 3.8) is 0 Å². The summed E-state index contributed by atoms with van der Waals surface area (Å²) in [6, 6.07) is 37.3. The Morgan fingerprint density at radius 1 is 0.468 bits per heavy atom. The number of imide groups is 2. The molecular formula is C50H38N2O10. The molecule has 0 radical (unpaired) electrons. The molecule has 1 aliphatic carbocycles. The first-order chi connectivity index (χ1) is 30.0. The average molecular weight is 827 g/mol. The van der Waals surface area contributed by atoms with Crippen molar-refractivity contribution in [2.45, 2.75) is 44.4 Å². The average Bonchev–Trinajstić information content (AvgIpc) is 3.69. The quantitative estimate of drug-likeness (QED) is 0.0598. The highest BCUT2D eigenvalue weighted by Crippen LogP contribution is 2.46. The van der Waals surface area contributed by atoms with Crippen molar-refractivity contribution in [3.8, 4) is 34.1 Å². The van der Waals surface area contributed by atoms with Crippen LogP contribution in [0.25, 0.3) is 11.1 Å². The number of methoxy groups -OCH3 is 1. The first-order valence-corrected chi connectivity index (χ1v) is 20.1. The van der Waals surface area contributed by atoms with E-state index in [1.165, 1.54) is 67.4 Å². The van der Waals surface area contributed by atoms with Crippen LogP contribution in [-0.2, 0) is 10.2 Å². The van der Waals surface area contributed by atoms with Crippen molar-refractivity contribution in [1.29, 1.82) is 0 Å². The molecule has 1 fully saturated rings. The largest absolute Gasteiger partial charge is 0.519 e. The van der Waals surface area contributed by atoms with Crippen LogP contribution < -0.4 is 28.7 Å². The Kier molecular flexibility index (Phi) is 10.2. The fourth-order valence-electron chi connectivity index (χ4n) is 8.67. The summed E-state index contributed by atoms with van der Waals surface area (Å²) >= 11 is 0. The fraction of sp³-hybridized carbons (Fsp3) is 0.160. The number of rotatable bonds is 9. The maximum absolute atomic E-state index is 13.7. The van der Waals surface area contributed by atoms with E-state index in [2.05, 4.69) is 12.1 Å². The lowest BCUT2D eigenvalue weighted by molar-refractivity contribution is -0.131. The summed E-state index contributed by atoms with van der Waals surface area (Å²) in [5.74, 6) is -1.06. The highest BCUT2D eigenvalue weighted by atomic mass is 16.7. The van der Waals surface area contributed by atoms with E-state index < -0.39 is 35.8 Å². The number of carbonyl (C=O) groups excluding carboxylic acids is 6. The lowest BCUT2D eigenvalue weighted by atomic mass is 9.65. The molecule has 62 heavy (non-hydrogen) atoms. The van der Waals surface area contributed by atoms with E-state index in [9.17, 15) is 28.8 Å². The lowest BCUT2D eigenvalue weighted by Crippen LogP contribution is -2.30. The van der Waals surface area contributed by atoms with Crippen molar-refractivity contribution < 1.29 is 47.7 Å². The van der Waals surface area contributed by atoms with Crippen LogP contribution in [0.2, 0.25) is 0 Å². The Labute approximate surface area is 356 Å². The van der Waals surface area contributed by atoms with Gasteiger partial charge in [-0.1, -0.05) is 55.7 Å². The Hall–Kier alpha value is -7.86. The normalized spacial score (nSPS) is 15.3. The molecule has 6 aromatic rings. The topological polar surface area (TPSA) is 146 Å². The van der Waals surface area contributed by atoms with Gasteiger partial charge in [0.15, 0.2) is 0 Å². The molecule has 2 aliphatic heterocycles. The van der Waals surface area contributed by atoms with Gasteiger partial charge in [0.1, 0.15) is 23.0 Å². The van der Waals surface area contributed by atoms with E-state index in [1.54, 1.807) is 55.6 Å². The van der Waals surface area contributed by atoms with Gasteiger partial charge in [0.05, 0.1) is 40.7 Å². The highest BCUT2D eigenvalue weighted by Gasteiger charge is 2.39. The smallest absolute Gasteiger partial charge is 0.497 e. The molecule has 0 aromatic heterocycles. The predicted molar refractivity (Wildman–Crippen MR) is 228 cm³/mol. The molecule has 3 aliphatic rings. The summed E-state index contributed by atoms with van der Waals surface area (Å²) in [5, 5.41) is 0. The van der Waals surface area contributed by atoms with Crippen LogP contribution in [0.1, 0.15) is 91.6 Å². The first-order valence-electron chi connectivity index (χ1n) is 20.1. The van der Waals surface area contributed by atoms with Crippen LogP contribution in [0.4, 0.5) is 16.2 Å². The van der Waals surface area contributed by atoms with Gasteiger partial charge in [-0.05, 0) is 132 Å². The van der Waals surface area contributed by atoms with E-state index in [0.717, 1.165) is 46.8 Å². The minimum atomic E-state index is -0.943. The lowest BCUT2D eigenvalue weighted by Gasteiger charge is -2.38. The fourth-order valence-corrected chi connectivity index (χ4v) is 8.67. The highest BCUT2D eigenvalue weighted by molar-refractivity contribution is 6.35. The van der Waals surface area contributed by atoms with Crippen molar-refractivity contribution in [2.75, 3.05) is 16.9 Å². The van der Waals surface area contributed by atoms with Crippen LogP contribution in [-0.4, -0.2) is 42.9 Å². The van der Waals surface area contributed by atoms with Crippen molar-refractivity contribution in [2.24, 2.45) is 0 Å². The van der Waals surface area contributed by atoms with Gasteiger partial charge in [-0.2, -0.15) is 0 Å². The summed E-state index contributed by atoms with van der Waals surface area (Å²) < 4.78 is 21.4. The van der Waals surface area contributed by atoms with Crippen molar-refractivity contribution >= 4 is 47.1 Å². The molecular weight excluding hydrogens is 789 g/mol. The molecule has 12 heteroatoms. The minimum absolute atomic E-state index is 0.144. The van der Waals surface area contributed by atoms with E-state index >= 15 is 0 Å². The monoisotopic (exact) mass is 826 g/mol. The zero-order chi connectivity index (χ0) is 43.1. The zero-order valence-corrected chi connectivity index (χ0v) is 33.7. The van der Waals surface area contributed by atoms with Gasteiger partial charge < -0.3 is 18.9 Å². The summed E-state index contributed by atoms with van der Waals surface area (Å²) in [5.41, 5.74) is 4.68. The maximum Gasteiger partial charge on any atom is 0.519 e. The number of anilines is 2. The molecule has 0 spiro atoms. The molecule has 0 atom stereocenters. The van der Waals surface area contributed by atoms with Gasteiger partial charge in [0.2, 0.25) is 0 Å². The summed E-state index contributed by atoms with van der Waals surface area (Å²) in [4.78, 5) is 80.3. The number of nitrogens with zero attached hydrogens (tertiary/aromatic N) is 2. The third kappa shape index (κ3) is 7.15. The second kappa shape index (κ2) is 16.0. The SMILES string of the molecule is COc1ccc(C2(c3ccc(OC(=O)Oc4ccc(N5C(=O)c6ccc(-c7ccc8c(c7)C(=O)N(c7ccc(OC(C)=O)cc7)C8=O)cc6C5=O)cc4)cc3)CCCCC2)cc1. The van der Waals surface area contributed by atoms with Gasteiger partial charge >= 0.3 is 12.1 Å². The predicted octanol–water partition coefficient (Wildman–Crippen LogP) is 9.72. The Morgan fingerprint density at radius 2 is 0.855 bits per heavy atom. The van der Waals surface area contributed by atoms with E-state index in [0.29, 0.717) is 22.6 Å². The van der Waals surface area contributed by atoms with E-state index in [4.69, 9.17) is 18.9 Å². The van der Waals surface area contributed by atoms with Crippen LogP contribution in [0.15, 0.2) is 133 Å². The molecule has 2 heterocycles. The number of esters is 1. The van der Waals surface area contributed by atoms with Crippen LogP contribution in [0.3, 0.4) is 0 Å². The van der Waals surface area contributed by atoms with Gasteiger partial charge in [0, 0.05) is 12.3 Å². The number of fused-ring (bicyclic) bond motifs is 2. The molecule has 0 saturated heterocycles. The standard InChI is InChI=1S/C50H38N2O10/c1-30(53)60-38-20-12-35(13-21-38)51-45(54)41-24-6-31(28-43(41)47(51)56)32-7-25-42-44(29-32)48(57)52(46(42)55)36-14-22-40(23-15-36)62-49(58)61-39-18-10-34(11-19-39)50(26-4-3-5-27-50)33-8-16-37(59-2)17-9-33/h6-25,28-29H,3-5,26-27H2,1-2H3. The number of hydrogen-bond donors (Lipinski definition) is 0. The molecule has 4 amide bonds. The zero-order valence-electron chi connectivity index (χ0n) is 33.7. The molecule has 9 rings (SSSR count). The molecule has 12 nitrogen and oxygen atoms in total. The van der Waals surface area contributed by atoms with Gasteiger partial charge in [0.25, 0.3) is 23.6 Å². The summed E-state index contributed by atoms with van der Waals surface area (Å²) in [6.07, 6.45) is 4.52. The van der Waals surface area contributed by atoms with Crippen molar-refractivity contribution in [3.05, 3.63) is 167 Å². The van der Waals surface area contributed by atoms with Gasteiger partial charge in [-0.3, -0.25) is 24.0 Å². The van der Waals surface area contributed by atoms with Gasteiger partial charge in [-0.25, -0.2) is 14.6 Å². The molecule has 0 unspecified atom stereocenters. The third-order valence-corrected chi connectivity index (χ3v) is 11.7. The number of benzene rings is 6. The molecule has 308 valence electrons. The molecule has 1 saturated carbocycles. The third-order valence-electron chi connectivity index (χ3n) is 11.7. The van der Waals surface area contributed by atoms with Crippen molar-refractivity contribution in [1.82, 2.24) is 0 Å². The second-order valence-corrected chi connectivity index (χ2v) is 15.3. The Balaban J connectivity index is 0.856. The minimum Gasteiger partial charge on any atom is -0.497 e. The maximum atomic E-state index is 13.7. The first kappa shape index (κ1) is 39.6. The van der Waals surface area contributed by atoms with Crippen LogP contribution in [0.5, 0.6) is 23.0 Å². The Morgan fingerprint density at radius 3 is 1.27 bits per heavy atom. The van der Waals surface area contributed by atoms with E-state index in [1.807, 2.05) is 24.3 Å². The molecule has 6 aromatic carbocycles. The van der Waals surface area contributed by atoms with Gasteiger partial charge in [-0.15, -0.1) is 0 Å². The van der Waals surface area contributed by atoms with Crippen LogP contribution >= 0.6 is 0 Å². The number of amides is 4. The molecule has 0 bridgehead atoms. The second-order valence-electron chi connectivity index (χ2n) is 15.3. The van der Waals surface area contributed by atoms with Crippen LogP contribution in [0, 0.1) is 0 Å². The van der Waals surface area contributed by atoms with E-state index in [-0.39, 0.29) is 44.9 Å². The Bertz CT molecular complexity index is 2790. The number of ether oxygens (including phenoxy) is 4.